The van der Waals surface area contributed by atoms with E-state index in [1.165, 1.54) is 11.8 Å². The third-order valence-corrected chi connectivity index (χ3v) is 5.29. The van der Waals surface area contributed by atoms with Crippen LogP contribution in [-0.4, -0.2) is 33.5 Å². The summed E-state index contributed by atoms with van der Waals surface area (Å²) in [6, 6.07) is 14.9. The summed E-state index contributed by atoms with van der Waals surface area (Å²) in [5.74, 6) is 1.58. The van der Waals surface area contributed by atoms with Gasteiger partial charge in [-0.1, -0.05) is 47.6 Å². The SMILES string of the molecule is C=CCn1c(Cc2ccc(Cl)cc2)nnc1SCC(=O)Nc1cccc(OC)c1. The number of hydrogen-bond acceptors (Lipinski definition) is 5. The van der Waals surface area contributed by atoms with Gasteiger partial charge in [0.05, 0.1) is 12.9 Å². The molecule has 1 heterocycles. The minimum absolute atomic E-state index is 0.129. The fourth-order valence-corrected chi connectivity index (χ4v) is 3.57. The number of nitrogens with zero attached hydrogens (tertiary/aromatic N) is 3. The van der Waals surface area contributed by atoms with Crippen molar-refractivity contribution in [3.63, 3.8) is 0 Å². The molecule has 0 bridgehead atoms. The zero-order valence-electron chi connectivity index (χ0n) is 16.0. The summed E-state index contributed by atoms with van der Waals surface area (Å²) in [5.41, 5.74) is 1.77. The number of rotatable bonds is 9. The highest BCUT2D eigenvalue weighted by atomic mass is 35.5. The summed E-state index contributed by atoms with van der Waals surface area (Å²) < 4.78 is 7.13. The van der Waals surface area contributed by atoms with Crippen molar-refractivity contribution in [1.29, 1.82) is 0 Å². The number of anilines is 1. The van der Waals surface area contributed by atoms with Crippen LogP contribution < -0.4 is 10.1 Å². The summed E-state index contributed by atoms with van der Waals surface area (Å²) in [5, 5.41) is 12.8. The average Bonchev–Trinajstić information content (AvgIpc) is 3.10. The van der Waals surface area contributed by atoms with Crippen molar-refractivity contribution in [2.24, 2.45) is 0 Å². The number of carbonyl (C=O) groups is 1. The molecular weight excluding hydrogens is 408 g/mol. The van der Waals surface area contributed by atoms with E-state index in [1.54, 1.807) is 19.3 Å². The minimum atomic E-state index is -0.129. The van der Waals surface area contributed by atoms with Gasteiger partial charge in [-0.2, -0.15) is 0 Å². The minimum Gasteiger partial charge on any atom is -0.497 e. The second-order valence-electron chi connectivity index (χ2n) is 6.17. The van der Waals surface area contributed by atoms with Gasteiger partial charge in [0.2, 0.25) is 5.91 Å². The molecule has 0 aliphatic rings. The maximum atomic E-state index is 12.3. The molecule has 2 aromatic carbocycles. The van der Waals surface area contributed by atoms with E-state index < -0.39 is 0 Å². The van der Waals surface area contributed by atoms with E-state index in [4.69, 9.17) is 16.3 Å². The van der Waals surface area contributed by atoms with Crippen molar-refractivity contribution in [1.82, 2.24) is 14.8 Å². The molecule has 0 fully saturated rings. The molecular formula is C21H21ClN4O2S. The van der Waals surface area contributed by atoms with Crippen LogP contribution in [0.3, 0.4) is 0 Å². The topological polar surface area (TPSA) is 69.0 Å². The molecule has 0 aliphatic heterocycles. The van der Waals surface area contributed by atoms with E-state index in [0.29, 0.717) is 34.6 Å². The quantitative estimate of drug-likeness (QED) is 0.403. The number of aromatic nitrogens is 3. The van der Waals surface area contributed by atoms with Crippen LogP contribution in [0.25, 0.3) is 0 Å². The van der Waals surface area contributed by atoms with E-state index in [1.807, 2.05) is 47.0 Å². The number of methoxy groups -OCH3 is 1. The van der Waals surface area contributed by atoms with Gasteiger partial charge in [0, 0.05) is 29.7 Å². The number of amides is 1. The summed E-state index contributed by atoms with van der Waals surface area (Å²) in [7, 11) is 1.59. The molecule has 3 rings (SSSR count). The van der Waals surface area contributed by atoms with E-state index in [2.05, 4.69) is 22.1 Å². The van der Waals surface area contributed by atoms with Crippen molar-refractivity contribution >= 4 is 35.0 Å². The van der Waals surface area contributed by atoms with E-state index >= 15 is 0 Å². The molecule has 0 atom stereocenters. The number of halogens is 1. The average molecular weight is 429 g/mol. The van der Waals surface area contributed by atoms with Crippen molar-refractivity contribution in [3.8, 4) is 5.75 Å². The highest BCUT2D eigenvalue weighted by Gasteiger charge is 2.14. The molecule has 6 nitrogen and oxygen atoms in total. The predicted molar refractivity (Wildman–Crippen MR) is 117 cm³/mol. The molecule has 3 aromatic rings. The summed E-state index contributed by atoms with van der Waals surface area (Å²) in [6.45, 7) is 4.37. The van der Waals surface area contributed by atoms with Gasteiger partial charge < -0.3 is 14.6 Å². The van der Waals surface area contributed by atoms with Crippen molar-refractivity contribution < 1.29 is 9.53 Å². The monoisotopic (exact) mass is 428 g/mol. The Morgan fingerprint density at radius 3 is 2.79 bits per heavy atom. The first-order valence-electron chi connectivity index (χ1n) is 8.93. The van der Waals surface area contributed by atoms with Gasteiger partial charge in [-0.05, 0) is 29.8 Å². The van der Waals surface area contributed by atoms with Crippen LogP contribution in [0.2, 0.25) is 5.02 Å². The first kappa shape index (κ1) is 21.0. The van der Waals surface area contributed by atoms with Crippen molar-refractivity contribution in [3.05, 3.63) is 77.6 Å². The molecule has 1 N–H and O–H groups in total. The molecule has 0 saturated carbocycles. The molecule has 8 heteroatoms. The largest absolute Gasteiger partial charge is 0.497 e. The molecule has 0 unspecified atom stereocenters. The van der Waals surface area contributed by atoms with Crippen molar-refractivity contribution in [2.45, 2.75) is 18.1 Å². The number of hydrogen-bond donors (Lipinski definition) is 1. The van der Waals surface area contributed by atoms with Gasteiger partial charge in [0.25, 0.3) is 0 Å². The second kappa shape index (κ2) is 10.1. The Morgan fingerprint density at radius 2 is 2.07 bits per heavy atom. The summed E-state index contributed by atoms with van der Waals surface area (Å²) in [4.78, 5) is 12.3. The molecule has 29 heavy (non-hydrogen) atoms. The van der Waals surface area contributed by atoms with Crippen LogP contribution in [0.15, 0.2) is 66.3 Å². The van der Waals surface area contributed by atoms with Gasteiger partial charge >= 0.3 is 0 Å². The Hall–Kier alpha value is -2.77. The van der Waals surface area contributed by atoms with E-state index in [9.17, 15) is 4.79 Å². The van der Waals surface area contributed by atoms with Crippen LogP contribution in [0.4, 0.5) is 5.69 Å². The van der Waals surface area contributed by atoms with Crippen molar-refractivity contribution in [2.75, 3.05) is 18.2 Å². The molecule has 0 radical (unpaired) electrons. The summed E-state index contributed by atoms with van der Waals surface area (Å²) in [6.07, 6.45) is 2.41. The third kappa shape index (κ3) is 5.85. The Balaban J connectivity index is 1.65. The lowest BCUT2D eigenvalue weighted by molar-refractivity contribution is -0.113. The number of carbonyl (C=O) groups excluding carboxylic acids is 1. The second-order valence-corrected chi connectivity index (χ2v) is 7.55. The zero-order chi connectivity index (χ0) is 20.6. The fourth-order valence-electron chi connectivity index (χ4n) is 2.68. The molecule has 150 valence electrons. The third-order valence-electron chi connectivity index (χ3n) is 4.07. The van der Waals surface area contributed by atoms with Gasteiger partial charge in [-0.3, -0.25) is 4.79 Å². The Kier molecular flexibility index (Phi) is 7.32. The normalized spacial score (nSPS) is 10.6. The first-order chi connectivity index (χ1) is 14.1. The maximum absolute atomic E-state index is 12.3. The van der Waals surface area contributed by atoms with E-state index in [0.717, 1.165) is 11.4 Å². The highest BCUT2D eigenvalue weighted by molar-refractivity contribution is 7.99. The predicted octanol–water partition coefficient (Wildman–Crippen LogP) is 4.45. The van der Waals surface area contributed by atoms with Gasteiger partial charge in [0.15, 0.2) is 5.16 Å². The number of allylic oxidation sites excluding steroid dienone is 1. The Morgan fingerprint density at radius 1 is 1.28 bits per heavy atom. The highest BCUT2D eigenvalue weighted by Crippen LogP contribution is 2.21. The number of benzene rings is 2. The van der Waals surface area contributed by atoms with Crippen LogP contribution in [-0.2, 0) is 17.8 Å². The molecule has 1 amide bonds. The maximum Gasteiger partial charge on any atom is 0.234 e. The van der Waals surface area contributed by atoms with Crippen LogP contribution in [0.5, 0.6) is 5.75 Å². The van der Waals surface area contributed by atoms with Crippen LogP contribution in [0.1, 0.15) is 11.4 Å². The van der Waals surface area contributed by atoms with Crippen LogP contribution >= 0.6 is 23.4 Å². The lowest BCUT2D eigenvalue weighted by Crippen LogP contribution is -2.15. The molecule has 0 spiro atoms. The zero-order valence-corrected chi connectivity index (χ0v) is 17.5. The standard InChI is InChI=1S/C21H21ClN4O2S/c1-3-11-26-19(12-15-7-9-16(22)10-8-15)24-25-21(26)29-14-20(27)23-17-5-4-6-18(13-17)28-2/h3-10,13H,1,11-12,14H2,2H3,(H,23,27). The Bertz CT molecular complexity index is 989. The van der Waals surface area contributed by atoms with Gasteiger partial charge in [0.1, 0.15) is 11.6 Å². The van der Waals surface area contributed by atoms with Crippen LogP contribution in [0, 0.1) is 0 Å². The molecule has 0 saturated heterocycles. The van der Waals surface area contributed by atoms with Gasteiger partial charge in [-0.25, -0.2) is 0 Å². The van der Waals surface area contributed by atoms with E-state index in [-0.39, 0.29) is 11.7 Å². The first-order valence-corrected chi connectivity index (χ1v) is 10.3. The lowest BCUT2D eigenvalue weighted by atomic mass is 10.1. The summed E-state index contributed by atoms with van der Waals surface area (Å²) >= 11 is 7.29. The van der Waals surface area contributed by atoms with Gasteiger partial charge in [-0.15, -0.1) is 16.8 Å². The number of thioether (sulfide) groups is 1. The number of ether oxygens (including phenoxy) is 1. The molecule has 1 aromatic heterocycles. The fraction of sp³-hybridized carbons (Fsp3) is 0.190. The lowest BCUT2D eigenvalue weighted by Gasteiger charge is -2.09. The Labute approximate surface area is 178 Å². The number of nitrogens with one attached hydrogen (secondary N) is 1. The molecule has 0 aliphatic carbocycles. The smallest absolute Gasteiger partial charge is 0.234 e.